The van der Waals surface area contributed by atoms with E-state index in [1.54, 1.807) is 19.2 Å². The lowest BCUT2D eigenvalue weighted by atomic mass is 10.0. The summed E-state index contributed by atoms with van der Waals surface area (Å²) in [5.74, 6) is -4.11. The first-order chi connectivity index (χ1) is 18.7. The van der Waals surface area contributed by atoms with Crippen molar-refractivity contribution in [2.75, 3.05) is 13.1 Å². The van der Waals surface area contributed by atoms with Gasteiger partial charge in [-0.05, 0) is 49.6 Å². The van der Waals surface area contributed by atoms with Crippen molar-refractivity contribution < 1.29 is 23.1 Å². The molecule has 12 heteroatoms. The predicted molar refractivity (Wildman–Crippen MR) is 138 cm³/mol. The number of aryl methyl sites for hydroxylation is 1. The van der Waals surface area contributed by atoms with E-state index in [4.69, 9.17) is 0 Å². The van der Waals surface area contributed by atoms with E-state index < -0.39 is 46.4 Å². The Labute approximate surface area is 225 Å². The van der Waals surface area contributed by atoms with Gasteiger partial charge in [-0.1, -0.05) is 6.92 Å². The second-order valence-corrected chi connectivity index (χ2v) is 10.2. The molecule has 1 N–H and O–H groups in total. The number of nitrogens with zero attached hydrogens (tertiary/aromatic N) is 5. The Morgan fingerprint density at radius 2 is 1.95 bits per heavy atom. The highest BCUT2D eigenvalue weighted by molar-refractivity contribution is 7.13. The molecule has 8 nitrogen and oxygen atoms in total. The van der Waals surface area contributed by atoms with Gasteiger partial charge < -0.3 is 10.0 Å². The van der Waals surface area contributed by atoms with Crippen LogP contribution in [0.15, 0.2) is 46.7 Å². The van der Waals surface area contributed by atoms with Crippen LogP contribution in [0.5, 0.6) is 5.88 Å². The molecule has 4 heterocycles. The van der Waals surface area contributed by atoms with Gasteiger partial charge in [-0.2, -0.15) is 4.98 Å². The summed E-state index contributed by atoms with van der Waals surface area (Å²) in [4.78, 5) is 41.6. The topological polar surface area (TPSA) is 101 Å². The van der Waals surface area contributed by atoms with Crippen LogP contribution >= 0.6 is 11.3 Å². The van der Waals surface area contributed by atoms with Crippen molar-refractivity contribution in [2.45, 2.75) is 38.6 Å². The molecule has 2 unspecified atom stereocenters. The molecule has 0 spiro atoms. The van der Waals surface area contributed by atoms with Gasteiger partial charge in [0, 0.05) is 42.3 Å². The number of likely N-dealkylation sites (tertiary alicyclic amines) is 1. The van der Waals surface area contributed by atoms with Crippen LogP contribution in [-0.2, 0) is 0 Å². The van der Waals surface area contributed by atoms with E-state index in [0.29, 0.717) is 17.1 Å². The van der Waals surface area contributed by atoms with Gasteiger partial charge in [0.1, 0.15) is 17.5 Å². The molecule has 1 saturated heterocycles. The highest BCUT2D eigenvalue weighted by atomic mass is 32.1. The van der Waals surface area contributed by atoms with E-state index in [9.17, 15) is 27.9 Å². The highest BCUT2D eigenvalue weighted by Crippen LogP contribution is 2.33. The summed E-state index contributed by atoms with van der Waals surface area (Å²) in [6, 6.07) is 4.80. The second kappa shape index (κ2) is 10.6. The zero-order chi connectivity index (χ0) is 27.8. The number of thiazole rings is 1. The van der Waals surface area contributed by atoms with E-state index in [2.05, 4.69) is 15.0 Å². The number of carbonyl (C=O) groups is 1. The molecule has 1 aliphatic heterocycles. The maximum atomic E-state index is 14.3. The number of halogens is 3. The van der Waals surface area contributed by atoms with E-state index in [-0.39, 0.29) is 42.5 Å². The Bertz CT molecular complexity index is 1600. The smallest absolute Gasteiger partial charge is 0.271 e. The van der Waals surface area contributed by atoms with Crippen molar-refractivity contribution >= 4 is 17.2 Å². The van der Waals surface area contributed by atoms with Crippen LogP contribution in [0.25, 0.3) is 10.8 Å². The molecule has 0 saturated carbocycles. The molecule has 4 aromatic rings. The van der Waals surface area contributed by atoms with Crippen molar-refractivity contribution in [3.63, 3.8) is 0 Å². The van der Waals surface area contributed by atoms with Crippen LogP contribution in [0.1, 0.15) is 59.0 Å². The van der Waals surface area contributed by atoms with E-state index in [1.165, 1.54) is 34.6 Å². The third-order valence-corrected chi connectivity index (χ3v) is 7.69. The number of carbonyl (C=O) groups excluding carboxylic acids is 1. The van der Waals surface area contributed by atoms with Crippen molar-refractivity contribution in [3.8, 4) is 16.7 Å². The monoisotopic (exact) mass is 555 g/mol. The first-order valence-corrected chi connectivity index (χ1v) is 13.2. The summed E-state index contributed by atoms with van der Waals surface area (Å²) in [5, 5.41) is 12.9. The highest BCUT2D eigenvalue weighted by Gasteiger charge is 2.35. The largest absolute Gasteiger partial charge is 0.493 e. The molecule has 202 valence electrons. The van der Waals surface area contributed by atoms with Gasteiger partial charge in [-0.15, -0.1) is 11.3 Å². The maximum absolute atomic E-state index is 14.3. The average molecular weight is 556 g/mol. The normalized spacial score (nSPS) is 16.0. The molecular formula is C27H24F3N5O3S. The first kappa shape index (κ1) is 26.5. The molecule has 0 aliphatic carbocycles. The minimum absolute atomic E-state index is 0.0291. The fourth-order valence-corrected chi connectivity index (χ4v) is 5.75. The first-order valence-electron chi connectivity index (χ1n) is 12.3. The number of pyridine rings is 1. The molecule has 0 bridgehead atoms. The van der Waals surface area contributed by atoms with Crippen LogP contribution in [0.4, 0.5) is 13.2 Å². The quantitative estimate of drug-likeness (QED) is 0.366. The van der Waals surface area contributed by atoms with Crippen LogP contribution < -0.4 is 5.56 Å². The molecule has 3 aromatic heterocycles. The zero-order valence-electron chi connectivity index (χ0n) is 21.1. The summed E-state index contributed by atoms with van der Waals surface area (Å²) >= 11 is 1.17. The van der Waals surface area contributed by atoms with E-state index in [1.807, 2.05) is 0 Å². The van der Waals surface area contributed by atoms with E-state index in [0.717, 1.165) is 22.8 Å². The van der Waals surface area contributed by atoms with Gasteiger partial charge in [0.15, 0.2) is 16.4 Å². The Balaban J connectivity index is 1.61. The van der Waals surface area contributed by atoms with Crippen LogP contribution in [0, 0.1) is 24.4 Å². The van der Waals surface area contributed by atoms with Gasteiger partial charge in [-0.3, -0.25) is 19.1 Å². The zero-order valence-corrected chi connectivity index (χ0v) is 21.9. The standard InChI is InChI=1S/C27H24F3N5O3S/c1-3-20(16-9-17(28)11-18(29)10-16)35-23(25-32-14(2)13-39-25)33-24(36)21(27(35)38)26(37)34-8-6-15(12-34)22-19(30)5-4-7-31-22/h4-5,7,9-11,13,15,20,36H,3,6,8,12H2,1-2H3. The molecule has 0 radical (unpaired) electrons. The third-order valence-electron chi connectivity index (χ3n) is 6.74. The summed E-state index contributed by atoms with van der Waals surface area (Å²) in [5.41, 5.74) is -0.431. The number of amides is 1. The van der Waals surface area contributed by atoms with Gasteiger partial charge in [0.05, 0.1) is 11.7 Å². The fourth-order valence-electron chi connectivity index (χ4n) is 4.97. The number of aromatic nitrogens is 4. The molecule has 2 atom stereocenters. The van der Waals surface area contributed by atoms with E-state index >= 15 is 0 Å². The second-order valence-electron chi connectivity index (χ2n) is 9.34. The minimum Gasteiger partial charge on any atom is -0.493 e. The lowest BCUT2D eigenvalue weighted by Crippen LogP contribution is -2.38. The Hall–Kier alpha value is -4.06. The van der Waals surface area contributed by atoms with Gasteiger partial charge in [0.25, 0.3) is 11.5 Å². The van der Waals surface area contributed by atoms with Gasteiger partial charge in [0.2, 0.25) is 5.88 Å². The number of rotatable bonds is 6. The minimum atomic E-state index is -0.921. The van der Waals surface area contributed by atoms with Crippen LogP contribution in [-0.4, -0.2) is 48.5 Å². The number of hydrogen-bond acceptors (Lipinski definition) is 7. The molecule has 1 amide bonds. The van der Waals surface area contributed by atoms with Gasteiger partial charge in [-0.25, -0.2) is 18.2 Å². The molecule has 1 aliphatic rings. The molecule has 39 heavy (non-hydrogen) atoms. The summed E-state index contributed by atoms with van der Waals surface area (Å²) in [7, 11) is 0. The summed E-state index contributed by atoms with van der Waals surface area (Å²) in [6.45, 7) is 3.76. The lowest BCUT2D eigenvalue weighted by Gasteiger charge is -2.24. The maximum Gasteiger partial charge on any atom is 0.271 e. The molecule has 1 aromatic carbocycles. The predicted octanol–water partition coefficient (Wildman–Crippen LogP) is 4.82. The van der Waals surface area contributed by atoms with Gasteiger partial charge >= 0.3 is 0 Å². The average Bonchev–Trinajstić information content (AvgIpc) is 3.55. The Kier molecular flexibility index (Phi) is 7.21. The van der Waals surface area contributed by atoms with Crippen molar-refractivity contribution in [1.82, 2.24) is 24.4 Å². The Morgan fingerprint density at radius 1 is 1.21 bits per heavy atom. The summed E-state index contributed by atoms with van der Waals surface area (Å²) < 4.78 is 43.8. The molecular weight excluding hydrogens is 531 g/mol. The van der Waals surface area contributed by atoms with Crippen LogP contribution in [0.3, 0.4) is 0 Å². The van der Waals surface area contributed by atoms with Crippen molar-refractivity contribution in [1.29, 1.82) is 0 Å². The van der Waals surface area contributed by atoms with Crippen molar-refractivity contribution in [3.05, 3.63) is 92.2 Å². The number of aromatic hydroxyl groups is 1. The SMILES string of the molecule is CCC(c1cc(F)cc(F)c1)n1c(-c2nc(C)cs2)nc(O)c(C(=O)N2CCC(c3ncccc3F)C2)c1=O. The molecule has 5 rings (SSSR count). The van der Waals surface area contributed by atoms with Crippen molar-refractivity contribution in [2.24, 2.45) is 0 Å². The Morgan fingerprint density at radius 3 is 2.59 bits per heavy atom. The van der Waals surface area contributed by atoms with Crippen LogP contribution in [0.2, 0.25) is 0 Å². The number of benzene rings is 1. The number of hydrogen-bond donors (Lipinski definition) is 1. The molecule has 1 fully saturated rings. The lowest BCUT2D eigenvalue weighted by molar-refractivity contribution is 0.0783. The summed E-state index contributed by atoms with van der Waals surface area (Å²) in [6.07, 6.45) is 2.10. The fraction of sp³-hybridized carbons (Fsp3) is 0.296. The third kappa shape index (κ3) is 5.03.